The largest absolute Gasteiger partial charge is 0.381 e. The number of hydrogen-bond acceptors (Lipinski definition) is 5. The van der Waals surface area contributed by atoms with Gasteiger partial charge in [0.15, 0.2) is 0 Å². The van der Waals surface area contributed by atoms with Crippen LogP contribution >= 0.6 is 0 Å². The average molecular weight is 565 g/mol. The first-order valence-electron chi connectivity index (χ1n) is 14.2. The van der Waals surface area contributed by atoms with E-state index < -0.39 is 23.9 Å². The van der Waals surface area contributed by atoms with Crippen LogP contribution in [-0.4, -0.2) is 35.6 Å². The molecule has 5 nitrogen and oxygen atoms in total. The van der Waals surface area contributed by atoms with E-state index in [1.807, 2.05) is 121 Å². The zero-order valence-electron chi connectivity index (χ0n) is 24.0. The fraction of sp³-hybridized carbons (Fsp3) is 0.243. The minimum atomic E-state index is -1.61. The molecule has 0 aromatic heterocycles. The summed E-state index contributed by atoms with van der Waals surface area (Å²) in [6.07, 6.45) is 0.901. The van der Waals surface area contributed by atoms with Gasteiger partial charge < -0.3 is 24.1 Å². The van der Waals surface area contributed by atoms with Gasteiger partial charge in [-0.25, -0.2) is 0 Å². The lowest BCUT2D eigenvalue weighted by Gasteiger charge is -2.40. The number of rotatable bonds is 18. The van der Waals surface area contributed by atoms with Crippen LogP contribution in [0.3, 0.4) is 0 Å². The van der Waals surface area contributed by atoms with Crippen LogP contribution in [0.5, 0.6) is 0 Å². The van der Waals surface area contributed by atoms with Crippen LogP contribution in [0.15, 0.2) is 147 Å². The molecule has 0 saturated heterocycles. The molecule has 1 N–H and O–H groups in total. The van der Waals surface area contributed by atoms with E-state index in [9.17, 15) is 5.11 Å². The van der Waals surface area contributed by atoms with Crippen molar-refractivity contribution in [3.8, 4) is 0 Å². The number of hydrogen-bond donors (Lipinski definition) is 1. The van der Waals surface area contributed by atoms with Crippen molar-refractivity contribution >= 4 is 0 Å². The maximum Gasteiger partial charge on any atom is 0.134 e. The van der Waals surface area contributed by atoms with E-state index in [1.165, 1.54) is 6.08 Å². The van der Waals surface area contributed by atoms with Gasteiger partial charge in [0.25, 0.3) is 0 Å². The Morgan fingerprint density at radius 3 is 1.40 bits per heavy atom. The highest BCUT2D eigenvalue weighted by atomic mass is 16.6. The summed E-state index contributed by atoms with van der Waals surface area (Å²) in [5.74, 6) is 0. The Morgan fingerprint density at radius 2 is 0.976 bits per heavy atom. The third-order valence-electron chi connectivity index (χ3n) is 6.99. The van der Waals surface area contributed by atoms with Crippen LogP contribution in [-0.2, 0) is 45.4 Å². The van der Waals surface area contributed by atoms with Crippen LogP contribution in [0.2, 0.25) is 0 Å². The predicted octanol–water partition coefficient (Wildman–Crippen LogP) is 7.06. The second-order valence-electron chi connectivity index (χ2n) is 10.1. The van der Waals surface area contributed by atoms with Gasteiger partial charge in [-0.05, 0) is 22.3 Å². The molecule has 0 aliphatic carbocycles. The average Bonchev–Trinajstić information content (AvgIpc) is 3.05. The van der Waals surface area contributed by atoms with Crippen LogP contribution in [0.4, 0.5) is 0 Å². The predicted molar refractivity (Wildman–Crippen MR) is 166 cm³/mol. The molecule has 0 fully saturated rings. The first kappa shape index (κ1) is 31.1. The van der Waals surface area contributed by atoms with Gasteiger partial charge in [0.2, 0.25) is 0 Å². The molecule has 0 radical (unpaired) electrons. The molecule has 4 rings (SSSR count). The Kier molecular flexibility index (Phi) is 12.3. The summed E-state index contributed by atoms with van der Waals surface area (Å²) in [6, 6.07) is 39.4. The second kappa shape index (κ2) is 16.6. The fourth-order valence-electron chi connectivity index (χ4n) is 4.63. The molecule has 5 heteroatoms. The quantitative estimate of drug-likeness (QED) is 0.131. The number of benzene rings is 4. The van der Waals surface area contributed by atoms with Gasteiger partial charge in [0.1, 0.15) is 23.9 Å². The van der Waals surface area contributed by atoms with Crippen molar-refractivity contribution in [3.63, 3.8) is 0 Å². The number of aliphatic hydroxyl groups is 1. The molecule has 0 amide bonds. The SMILES string of the molecule is C=C[C@H](OCc1ccccc1)[C@@H](OCc1ccccc1)[C@H](OCc1ccccc1)[C@](O)(C=C)COCc1ccccc1. The zero-order chi connectivity index (χ0) is 29.5. The Morgan fingerprint density at radius 1 is 0.571 bits per heavy atom. The number of ether oxygens (including phenoxy) is 4. The second-order valence-corrected chi connectivity index (χ2v) is 10.1. The molecule has 218 valence electrons. The third-order valence-corrected chi connectivity index (χ3v) is 6.99. The highest BCUT2D eigenvalue weighted by Crippen LogP contribution is 2.28. The van der Waals surface area contributed by atoms with E-state index >= 15 is 0 Å². The zero-order valence-corrected chi connectivity index (χ0v) is 24.0. The molecule has 4 aromatic rings. The summed E-state index contributed by atoms with van der Waals surface area (Å²) in [6.45, 7) is 9.18. The monoisotopic (exact) mass is 564 g/mol. The van der Waals surface area contributed by atoms with Gasteiger partial charge >= 0.3 is 0 Å². The van der Waals surface area contributed by atoms with E-state index in [0.717, 1.165) is 22.3 Å². The summed E-state index contributed by atoms with van der Waals surface area (Å²) in [5, 5.41) is 12.1. The Labute approximate surface area is 249 Å². The van der Waals surface area contributed by atoms with Crippen molar-refractivity contribution in [2.45, 2.75) is 50.3 Å². The van der Waals surface area contributed by atoms with Gasteiger partial charge in [-0.2, -0.15) is 0 Å². The van der Waals surface area contributed by atoms with Crippen LogP contribution < -0.4 is 0 Å². The van der Waals surface area contributed by atoms with Crippen molar-refractivity contribution < 1.29 is 24.1 Å². The molecular weight excluding hydrogens is 524 g/mol. The molecular formula is C37H40O5. The molecule has 0 saturated carbocycles. The minimum Gasteiger partial charge on any atom is -0.381 e. The van der Waals surface area contributed by atoms with Gasteiger partial charge in [0, 0.05) is 0 Å². The molecule has 0 unspecified atom stereocenters. The highest BCUT2D eigenvalue weighted by Gasteiger charge is 2.44. The molecule has 0 heterocycles. The summed E-state index contributed by atoms with van der Waals surface area (Å²) in [5.41, 5.74) is 2.34. The van der Waals surface area contributed by atoms with E-state index in [-0.39, 0.29) is 19.8 Å². The summed E-state index contributed by atoms with van der Waals surface area (Å²) >= 11 is 0. The van der Waals surface area contributed by atoms with Gasteiger partial charge in [0.05, 0.1) is 33.0 Å². The van der Waals surface area contributed by atoms with Gasteiger partial charge in [-0.1, -0.05) is 133 Å². The van der Waals surface area contributed by atoms with E-state index in [1.54, 1.807) is 6.08 Å². The lowest BCUT2D eigenvalue weighted by molar-refractivity contribution is -0.201. The topological polar surface area (TPSA) is 57.2 Å². The molecule has 0 aliphatic heterocycles. The van der Waals surface area contributed by atoms with Crippen molar-refractivity contribution in [3.05, 3.63) is 169 Å². The third kappa shape index (κ3) is 9.35. The van der Waals surface area contributed by atoms with Crippen LogP contribution in [0.1, 0.15) is 22.3 Å². The maximum absolute atomic E-state index is 12.1. The van der Waals surface area contributed by atoms with Crippen LogP contribution in [0, 0.1) is 0 Å². The Balaban J connectivity index is 1.62. The van der Waals surface area contributed by atoms with Crippen molar-refractivity contribution in [2.75, 3.05) is 6.61 Å². The molecule has 0 aliphatic rings. The van der Waals surface area contributed by atoms with Gasteiger partial charge in [-0.3, -0.25) is 0 Å². The minimum absolute atomic E-state index is 0.0569. The van der Waals surface area contributed by atoms with E-state index in [4.69, 9.17) is 18.9 Å². The van der Waals surface area contributed by atoms with Crippen molar-refractivity contribution in [2.24, 2.45) is 0 Å². The Bertz CT molecular complexity index is 1310. The lowest BCUT2D eigenvalue weighted by atomic mass is 9.90. The highest BCUT2D eigenvalue weighted by molar-refractivity contribution is 5.18. The van der Waals surface area contributed by atoms with E-state index in [0.29, 0.717) is 13.2 Å². The first-order chi connectivity index (χ1) is 20.6. The van der Waals surface area contributed by atoms with Crippen molar-refractivity contribution in [1.82, 2.24) is 0 Å². The summed E-state index contributed by atoms with van der Waals surface area (Å²) < 4.78 is 25.5. The summed E-state index contributed by atoms with van der Waals surface area (Å²) in [4.78, 5) is 0. The summed E-state index contributed by atoms with van der Waals surface area (Å²) in [7, 11) is 0. The Hall–Kier alpha value is -3.84. The standard InChI is InChI=1S/C37H40O5/c1-3-34(40-26-31-19-11-6-12-20-31)35(41-27-32-21-13-7-14-22-32)36(42-28-33-23-15-8-16-24-33)37(38,4-2)29-39-25-30-17-9-5-10-18-30/h3-24,34-36,38H,1-2,25-29H2/t34-,35+,36-,37-/m0/s1. The smallest absolute Gasteiger partial charge is 0.134 e. The van der Waals surface area contributed by atoms with Crippen LogP contribution in [0.25, 0.3) is 0 Å². The first-order valence-corrected chi connectivity index (χ1v) is 14.2. The van der Waals surface area contributed by atoms with E-state index in [2.05, 4.69) is 13.2 Å². The lowest BCUT2D eigenvalue weighted by Crippen LogP contribution is -2.56. The normalized spacial score (nSPS) is 14.8. The maximum atomic E-state index is 12.1. The molecule has 42 heavy (non-hydrogen) atoms. The van der Waals surface area contributed by atoms with Gasteiger partial charge in [-0.15, -0.1) is 13.2 Å². The molecule has 4 aromatic carbocycles. The molecule has 0 spiro atoms. The van der Waals surface area contributed by atoms with Crippen molar-refractivity contribution in [1.29, 1.82) is 0 Å². The molecule has 0 bridgehead atoms. The fourth-order valence-corrected chi connectivity index (χ4v) is 4.63. The molecule has 4 atom stereocenters.